The molecule has 1 amide bonds. The van der Waals surface area contributed by atoms with E-state index in [4.69, 9.17) is 0 Å². The van der Waals surface area contributed by atoms with Crippen LogP contribution in [0, 0.1) is 0 Å². The molecule has 2 saturated heterocycles. The van der Waals surface area contributed by atoms with E-state index >= 15 is 0 Å². The molecular formula is C15H20N2O2. The quantitative estimate of drug-likeness (QED) is 0.861. The number of nitrogens with one attached hydrogen (secondary N) is 1. The molecule has 2 aliphatic rings. The molecule has 2 N–H and O–H groups in total. The van der Waals surface area contributed by atoms with Crippen LogP contribution >= 0.6 is 0 Å². The smallest absolute Gasteiger partial charge is 0.224 e. The maximum Gasteiger partial charge on any atom is 0.224 e. The van der Waals surface area contributed by atoms with Gasteiger partial charge < -0.3 is 10.4 Å². The number of hydrogen-bond donors (Lipinski definition) is 2. The van der Waals surface area contributed by atoms with Crippen LogP contribution in [0.3, 0.4) is 0 Å². The van der Waals surface area contributed by atoms with Gasteiger partial charge in [-0.2, -0.15) is 0 Å². The number of phenols is 1. The van der Waals surface area contributed by atoms with Gasteiger partial charge in [0.2, 0.25) is 5.91 Å². The van der Waals surface area contributed by atoms with E-state index in [2.05, 4.69) is 10.2 Å². The highest BCUT2D eigenvalue weighted by atomic mass is 16.3. The summed E-state index contributed by atoms with van der Waals surface area (Å²) in [5.41, 5.74) is 0.696. The van der Waals surface area contributed by atoms with Crippen molar-refractivity contribution in [3.05, 3.63) is 29.8 Å². The zero-order valence-electron chi connectivity index (χ0n) is 11.0. The molecule has 4 heteroatoms. The summed E-state index contributed by atoms with van der Waals surface area (Å²) in [5.74, 6) is 0.215. The Morgan fingerprint density at radius 3 is 3.00 bits per heavy atom. The lowest BCUT2D eigenvalue weighted by Crippen LogP contribution is -2.42. The van der Waals surface area contributed by atoms with Crippen LogP contribution in [0.2, 0.25) is 0 Å². The van der Waals surface area contributed by atoms with Crippen LogP contribution in [0.15, 0.2) is 24.3 Å². The molecular weight excluding hydrogens is 240 g/mol. The SMILES string of the molecule is O=C(Cc1ccccc1O)NC1CCN2CCCC12. The summed E-state index contributed by atoms with van der Waals surface area (Å²) in [6.07, 6.45) is 3.76. The van der Waals surface area contributed by atoms with Crippen LogP contribution in [0.25, 0.3) is 0 Å². The van der Waals surface area contributed by atoms with Gasteiger partial charge in [-0.25, -0.2) is 0 Å². The molecule has 0 aliphatic carbocycles. The first kappa shape index (κ1) is 12.5. The Bertz CT molecular complexity index is 475. The largest absolute Gasteiger partial charge is 0.508 e. The second-order valence-electron chi connectivity index (χ2n) is 5.51. The Hall–Kier alpha value is -1.55. The number of rotatable bonds is 3. The summed E-state index contributed by atoms with van der Waals surface area (Å²) in [4.78, 5) is 14.5. The summed E-state index contributed by atoms with van der Waals surface area (Å²) in [6.45, 7) is 2.28. The first-order valence-corrected chi connectivity index (χ1v) is 7.04. The number of hydrogen-bond acceptors (Lipinski definition) is 3. The van der Waals surface area contributed by atoms with Crippen LogP contribution < -0.4 is 5.32 Å². The fourth-order valence-electron chi connectivity index (χ4n) is 3.34. The molecule has 2 unspecified atom stereocenters. The molecule has 0 spiro atoms. The average Bonchev–Trinajstić information content (AvgIpc) is 2.97. The first-order chi connectivity index (χ1) is 9.24. The number of nitrogens with zero attached hydrogens (tertiary/aromatic N) is 1. The van der Waals surface area contributed by atoms with E-state index < -0.39 is 0 Å². The second-order valence-corrected chi connectivity index (χ2v) is 5.51. The van der Waals surface area contributed by atoms with E-state index in [1.165, 1.54) is 19.4 Å². The van der Waals surface area contributed by atoms with Crippen LogP contribution in [0.5, 0.6) is 5.75 Å². The Labute approximate surface area is 113 Å². The number of carbonyl (C=O) groups excluding carboxylic acids is 1. The van der Waals surface area contributed by atoms with Gasteiger partial charge in [0.25, 0.3) is 0 Å². The standard InChI is InChI=1S/C15H20N2O2/c18-14-6-2-1-4-11(14)10-15(19)16-12-7-9-17-8-3-5-13(12)17/h1-2,4,6,12-13,18H,3,5,7-10H2,(H,16,19). The molecule has 0 radical (unpaired) electrons. The normalized spacial score (nSPS) is 26.3. The van der Waals surface area contributed by atoms with Crippen molar-refractivity contribution in [3.63, 3.8) is 0 Å². The van der Waals surface area contributed by atoms with Crippen LogP contribution in [-0.2, 0) is 11.2 Å². The Kier molecular flexibility index (Phi) is 3.42. The highest BCUT2D eigenvalue weighted by Crippen LogP contribution is 2.28. The number of fused-ring (bicyclic) bond motifs is 1. The minimum Gasteiger partial charge on any atom is -0.508 e. The van der Waals surface area contributed by atoms with Crippen molar-refractivity contribution in [1.29, 1.82) is 0 Å². The van der Waals surface area contributed by atoms with Gasteiger partial charge in [-0.15, -0.1) is 0 Å². The summed E-state index contributed by atoms with van der Waals surface area (Å²) in [6, 6.07) is 7.86. The minimum atomic E-state index is 0.0141. The van der Waals surface area contributed by atoms with E-state index in [1.807, 2.05) is 6.07 Å². The van der Waals surface area contributed by atoms with Crippen molar-refractivity contribution in [2.75, 3.05) is 13.1 Å². The lowest BCUT2D eigenvalue weighted by atomic mass is 10.1. The predicted octanol–water partition coefficient (Wildman–Crippen LogP) is 1.29. The highest BCUT2D eigenvalue weighted by molar-refractivity contribution is 5.79. The van der Waals surface area contributed by atoms with Crippen LogP contribution in [-0.4, -0.2) is 41.1 Å². The average molecular weight is 260 g/mol. The molecule has 102 valence electrons. The molecule has 0 saturated carbocycles. The first-order valence-electron chi connectivity index (χ1n) is 7.04. The van der Waals surface area contributed by atoms with Crippen molar-refractivity contribution in [1.82, 2.24) is 10.2 Å². The van der Waals surface area contributed by atoms with Gasteiger partial charge in [-0.3, -0.25) is 9.69 Å². The summed E-state index contributed by atoms with van der Waals surface area (Å²) >= 11 is 0. The molecule has 19 heavy (non-hydrogen) atoms. The maximum absolute atomic E-state index is 12.1. The topological polar surface area (TPSA) is 52.6 Å². The van der Waals surface area contributed by atoms with E-state index in [0.29, 0.717) is 17.6 Å². The second kappa shape index (κ2) is 5.21. The highest BCUT2D eigenvalue weighted by Gasteiger charge is 2.37. The molecule has 3 rings (SSSR count). The molecule has 2 fully saturated rings. The molecule has 4 nitrogen and oxygen atoms in total. The minimum absolute atomic E-state index is 0.0141. The molecule has 0 aromatic heterocycles. The molecule has 0 bridgehead atoms. The van der Waals surface area contributed by atoms with Crippen molar-refractivity contribution in [3.8, 4) is 5.75 Å². The Balaban J connectivity index is 1.58. The number of amides is 1. The summed E-state index contributed by atoms with van der Waals surface area (Å²) in [5, 5.41) is 12.8. The monoisotopic (exact) mass is 260 g/mol. The van der Waals surface area contributed by atoms with Crippen LogP contribution in [0.1, 0.15) is 24.8 Å². The molecule has 2 heterocycles. The zero-order chi connectivity index (χ0) is 13.2. The van der Waals surface area contributed by atoms with Gasteiger partial charge in [0.1, 0.15) is 5.75 Å². The maximum atomic E-state index is 12.1. The zero-order valence-corrected chi connectivity index (χ0v) is 11.0. The van der Waals surface area contributed by atoms with Crippen molar-refractivity contribution in [2.45, 2.75) is 37.8 Å². The molecule has 1 aromatic carbocycles. The third-order valence-electron chi connectivity index (χ3n) is 4.30. The van der Waals surface area contributed by atoms with Crippen LogP contribution in [0.4, 0.5) is 0 Å². The van der Waals surface area contributed by atoms with Gasteiger partial charge >= 0.3 is 0 Å². The summed E-state index contributed by atoms with van der Waals surface area (Å²) < 4.78 is 0. The number of benzene rings is 1. The number of para-hydroxylation sites is 1. The van der Waals surface area contributed by atoms with Crippen molar-refractivity contribution in [2.24, 2.45) is 0 Å². The van der Waals surface area contributed by atoms with Gasteiger partial charge in [-0.1, -0.05) is 18.2 Å². The molecule has 2 atom stereocenters. The number of carbonyl (C=O) groups is 1. The number of aromatic hydroxyl groups is 1. The third-order valence-corrected chi connectivity index (χ3v) is 4.30. The van der Waals surface area contributed by atoms with E-state index in [-0.39, 0.29) is 18.1 Å². The number of phenolic OH excluding ortho intramolecular Hbond substituents is 1. The summed E-state index contributed by atoms with van der Waals surface area (Å²) in [7, 11) is 0. The van der Waals surface area contributed by atoms with E-state index in [1.54, 1.807) is 18.2 Å². The van der Waals surface area contributed by atoms with Gasteiger partial charge in [0.15, 0.2) is 0 Å². The van der Waals surface area contributed by atoms with Crippen molar-refractivity contribution >= 4 is 5.91 Å². The Morgan fingerprint density at radius 2 is 2.16 bits per heavy atom. The van der Waals surface area contributed by atoms with Gasteiger partial charge in [-0.05, 0) is 31.9 Å². The lowest BCUT2D eigenvalue weighted by molar-refractivity contribution is -0.121. The van der Waals surface area contributed by atoms with Gasteiger partial charge in [0.05, 0.1) is 6.42 Å². The fraction of sp³-hybridized carbons (Fsp3) is 0.533. The van der Waals surface area contributed by atoms with Gasteiger partial charge in [0, 0.05) is 24.2 Å². The fourth-order valence-corrected chi connectivity index (χ4v) is 3.34. The molecule has 2 aliphatic heterocycles. The Morgan fingerprint density at radius 1 is 1.32 bits per heavy atom. The predicted molar refractivity (Wildman–Crippen MR) is 73.0 cm³/mol. The van der Waals surface area contributed by atoms with E-state index in [9.17, 15) is 9.90 Å². The molecule has 1 aromatic rings. The lowest BCUT2D eigenvalue weighted by Gasteiger charge is -2.21. The van der Waals surface area contributed by atoms with Crippen molar-refractivity contribution < 1.29 is 9.90 Å². The third kappa shape index (κ3) is 2.59. The van der Waals surface area contributed by atoms with E-state index in [0.717, 1.165) is 13.0 Å².